The van der Waals surface area contributed by atoms with E-state index >= 15 is 0 Å². The highest BCUT2D eigenvalue weighted by molar-refractivity contribution is 7.89. The topological polar surface area (TPSA) is 92.3 Å². The van der Waals surface area contributed by atoms with Gasteiger partial charge in [-0.15, -0.1) is 10.2 Å². The van der Waals surface area contributed by atoms with E-state index in [9.17, 15) is 13.2 Å². The molecule has 2 aromatic rings. The van der Waals surface area contributed by atoms with Crippen molar-refractivity contribution in [1.29, 1.82) is 0 Å². The highest BCUT2D eigenvalue weighted by atomic mass is 32.2. The fourth-order valence-electron chi connectivity index (χ4n) is 3.13. The molecular weight excluding hydrogens is 384 g/mol. The molecule has 0 unspecified atom stereocenters. The molecule has 1 amide bonds. The molecule has 146 valence electrons. The van der Waals surface area contributed by atoms with Gasteiger partial charge < -0.3 is 0 Å². The van der Waals surface area contributed by atoms with Gasteiger partial charge >= 0.3 is 0 Å². The molecular formula is C18H24N4O3S2. The lowest BCUT2D eigenvalue weighted by atomic mass is 10.1. The van der Waals surface area contributed by atoms with E-state index < -0.39 is 10.0 Å². The molecule has 9 heteroatoms. The summed E-state index contributed by atoms with van der Waals surface area (Å²) in [4.78, 5) is 12.7. The van der Waals surface area contributed by atoms with Crippen LogP contribution < -0.4 is 5.32 Å². The summed E-state index contributed by atoms with van der Waals surface area (Å²) in [6.07, 6.45) is 3.68. The molecule has 0 aliphatic carbocycles. The summed E-state index contributed by atoms with van der Waals surface area (Å²) in [6, 6.07) is 6.14. The number of hydrogen-bond acceptors (Lipinski definition) is 6. The van der Waals surface area contributed by atoms with Crippen molar-refractivity contribution in [2.24, 2.45) is 0 Å². The van der Waals surface area contributed by atoms with E-state index in [1.807, 2.05) is 0 Å². The van der Waals surface area contributed by atoms with E-state index in [1.54, 1.807) is 12.1 Å². The lowest BCUT2D eigenvalue weighted by Crippen LogP contribution is -2.28. The Morgan fingerprint density at radius 2 is 1.93 bits per heavy atom. The fraction of sp³-hybridized carbons (Fsp3) is 0.500. The Bertz CT molecular complexity index is 901. The maximum atomic E-state index is 12.7. The minimum absolute atomic E-state index is 0.145. The second kappa shape index (κ2) is 8.45. The van der Waals surface area contributed by atoms with E-state index in [0.717, 1.165) is 30.7 Å². The summed E-state index contributed by atoms with van der Waals surface area (Å²) >= 11 is 1.36. The van der Waals surface area contributed by atoms with Crippen LogP contribution >= 0.6 is 11.3 Å². The average Bonchev–Trinajstić information content (AvgIpc) is 3.36. The normalized spacial score (nSPS) is 15.4. The zero-order valence-corrected chi connectivity index (χ0v) is 17.1. The summed E-state index contributed by atoms with van der Waals surface area (Å²) in [6.45, 7) is 5.25. The lowest BCUT2D eigenvalue weighted by Gasteiger charge is -2.15. The van der Waals surface area contributed by atoms with Crippen LogP contribution in [-0.2, 0) is 10.0 Å². The molecule has 1 saturated heterocycles. The van der Waals surface area contributed by atoms with Gasteiger partial charge in [-0.2, -0.15) is 4.31 Å². The third-order valence-corrected chi connectivity index (χ3v) is 7.69. The van der Waals surface area contributed by atoms with Crippen molar-refractivity contribution >= 4 is 32.4 Å². The number of rotatable bonds is 7. The standard InChI is InChI=1S/C18H24N4O3S2/c1-3-13(4-2)17-20-21-18(26-17)19-16(23)14-8-7-9-15(12-14)27(24,25)22-10-5-6-11-22/h7-9,12-13H,3-6,10-11H2,1-2H3,(H,19,21,23). The Morgan fingerprint density at radius 1 is 1.22 bits per heavy atom. The molecule has 0 atom stereocenters. The number of hydrogen-bond donors (Lipinski definition) is 1. The molecule has 1 aliphatic rings. The number of benzene rings is 1. The summed E-state index contributed by atoms with van der Waals surface area (Å²) in [5.74, 6) is -0.0530. The molecule has 1 aromatic heterocycles. The Morgan fingerprint density at radius 3 is 2.59 bits per heavy atom. The molecule has 1 N–H and O–H groups in total. The van der Waals surface area contributed by atoms with Crippen molar-refractivity contribution in [3.8, 4) is 0 Å². The summed E-state index contributed by atoms with van der Waals surface area (Å²) < 4.78 is 26.8. The lowest BCUT2D eigenvalue weighted by molar-refractivity contribution is 0.102. The quantitative estimate of drug-likeness (QED) is 0.757. The van der Waals surface area contributed by atoms with Crippen molar-refractivity contribution in [3.05, 3.63) is 34.8 Å². The highest BCUT2D eigenvalue weighted by Gasteiger charge is 2.27. The molecule has 0 bridgehead atoms. The van der Waals surface area contributed by atoms with Gasteiger partial charge in [0.2, 0.25) is 15.2 Å². The van der Waals surface area contributed by atoms with Crippen LogP contribution in [0.15, 0.2) is 29.2 Å². The van der Waals surface area contributed by atoms with Gasteiger partial charge in [0.1, 0.15) is 5.01 Å². The molecule has 1 aliphatic heterocycles. The number of carbonyl (C=O) groups excluding carboxylic acids is 1. The van der Waals surface area contributed by atoms with E-state index in [2.05, 4.69) is 29.4 Å². The summed E-state index contributed by atoms with van der Waals surface area (Å²) in [5, 5.41) is 12.3. The zero-order valence-electron chi connectivity index (χ0n) is 15.5. The first kappa shape index (κ1) is 19.9. The molecule has 3 rings (SSSR count). The number of sulfonamides is 1. The molecule has 27 heavy (non-hydrogen) atoms. The summed E-state index contributed by atoms with van der Waals surface area (Å²) in [7, 11) is -3.55. The molecule has 1 fully saturated rings. The van der Waals surface area contributed by atoms with Gasteiger partial charge in [0.05, 0.1) is 4.90 Å². The van der Waals surface area contributed by atoms with Crippen LogP contribution in [0.1, 0.15) is 60.8 Å². The third-order valence-electron chi connectivity index (χ3n) is 4.79. The van der Waals surface area contributed by atoms with Gasteiger partial charge in [0.15, 0.2) is 0 Å². The van der Waals surface area contributed by atoms with E-state index in [4.69, 9.17) is 0 Å². The van der Waals surface area contributed by atoms with Crippen molar-refractivity contribution in [3.63, 3.8) is 0 Å². The number of nitrogens with one attached hydrogen (secondary N) is 1. The average molecular weight is 409 g/mol. The van der Waals surface area contributed by atoms with Crippen LogP contribution in [0, 0.1) is 0 Å². The largest absolute Gasteiger partial charge is 0.296 e. The van der Waals surface area contributed by atoms with Crippen LogP contribution in [0.25, 0.3) is 0 Å². The molecule has 1 aromatic carbocycles. The first-order valence-electron chi connectivity index (χ1n) is 9.20. The van der Waals surface area contributed by atoms with Gasteiger partial charge in [-0.25, -0.2) is 8.42 Å². The second-order valence-electron chi connectivity index (χ2n) is 6.55. The monoisotopic (exact) mass is 408 g/mol. The van der Waals surface area contributed by atoms with Crippen LogP contribution in [0.3, 0.4) is 0 Å². The third kappa shape index (κ3) is 4.36. The Balaban J connectivity index is 1.76. The van der Waals surface area contributed by atoms with Gasteiger partial charge in [-0.3, -0.25) is 10.1 Å². The molecule has 2 heterocycles. The van der Waals surface area contributed by atoms with Gasteiger partial charge in [0.25, 0.3) is 5.91 Å². The van der Waals surface area contributed by atoms with E-state index in [1.165, 1.54) is 27.8 Å². The Labute approximate surface area is 163 Å². The van der Waals surface area contributed by atoms with Crippen molar-refractivity contribution < 1.29 is 13.2 Å². The van der Waals surface area contributed by atoms with Crippen LogP contribution in [0.5, 0.6) is 0 Å². The smallest absolute Gasteiger partial charge is 0.257 e. The highest BCUT2D eigenvalue weighted by Crippen LogP contribution is 2.28. The maximum Gasteiger partial charge on any atom is 0.257 e. The van der Waals surface area contributed by atoms with Crippen LogP contribution in [-0.4, -0.2) is 41.9 Å². The minimum Gasteiger partial charge on any atom is -0.296 e. The predicted molar refractivity (Wildman–Crippen MR) is 106 cm³/mol. The number of nitrogens with zero attached hydrogens (tertiary/aromatic N) is 3. The van der Waals surface area contributed by atoms with Crippen LogP contribution in [0.4, 0.5) is 5.13 Å². The Kier molecular flexibility index (Phi) is 6.23. The predicted octanol–water partition coefficient (Wildman–Crippen LogP) is 3.48. The van der Waals surface area contributed by atoms with E-state index in [0.29, 0.717) is 24.1 Å². The molecule has 0 saturated carbocycles. The van der Waals surface area contributed by atoms with Crippen LogP contribution in [0.2, 0.25) is 0 Å². The second-order valence-corrected chi connectivity index (χ2v) is 9.50. The minimum atomic E-state index is -3.55. The zero-order chi connectivity index (χ0) is 19.4. The number of anilines is 1. The van der Waals surface area contributed by atoms with Gasteiger partial charge in [0, 0.05) is 24.6 Å². The maximum absolute atomic E-state index is 12.7. The number of amides is 1. The number of aromatic nitrogens is 2. The molecule has 0 radical (unpaired) electrons. The fourth-order valence-corrected chi connectivity index (χ4v) is 5.70. The van der Waals surface area contributed by atoms with Gasteiger partial charge in [-0.05, 0) is 43.9 Å². The molecule has 0 spiro atoms. The Hall–Kier alpha value is -1.84. The first-order chi connectivity index (χ1) is 13.0. The van der Waals surface area contributed by atoms with Crippen molar-refractivity contribution in [2.45, 2.75) is 50.3 Å². The van der Waals surface area contributed by atoms with Gasteiger partial charge in [-0.1, -0.05) is 31.3 Å². The van der Waals surface area contributed by atoms with Crippen molar-refractivity contribution in [1.82, 2.24) is 14.5 Å². The first-order valence-corrected chi connectivity index (χ1v) is 11.5. The summed E-state index contributed by atoms with van der Waals surface area (Å²) in [5.41, 5.74) is 0.287. The number of carbonyl (C=O) groups is 1. The van der Waals surface area contributed by atoms with E-state index in [-0.39, 0.29) is 16.4 Å². The SMILES string of the molecule is CCC(CC)c1nnc(NC(=O)c2cccc(S(=O)(=O)N3CCCC3)c2)s1. The molecule has 7 nitrogen and oxygen atoms in total. The van der Waals surface area contributed by atoms with Crippen molar-refractivity contribution in [2.75, 3.05) is 18.4 Å².